The Kier molecular flexibility index (Phi) is 5.04. The SMILES string of the molecule is O=C(c1ccccc1Cl)C1CCN(CCCl)CC1. The van der Waals surface area contributed by atoms with Gasteiger partial charge in [0.2, 0.25) is 0 Å². The lowest BCUT2D eigenvalue weighted by molar-refractivity contribution is 0.0845. The molecule has 0 N–H and O–H groups in total. The molecule has 1 aromatic rings. The van der Waals surface area contributed by atoms with Gasteiger partial charge in [-0.05, 0) is 38.1 Å². The lowest BCUT2D eigenvalue weighted by atomic mass is 9.89. The van der Waals surface area contributed by atoms with Crippen molar-refractivity contribution in [1.82, 2.24) is 4.90 Å². The van der Waals surface area contributed by atoms with E-state index >= 15 is 0 Å². The molecule has 2 nitrogen and oxygen atoms in total. The summed E-state index contributed by atoms with van der Waals surface area (Å²) in [5.41, 5.74) is 0.662. The summed E-state index contributed by atoms with van der Waals surface area (Å²) in [6, 6.07) is 7.30. The molecule has 1 aliphatic heterocycles. The molecule has 0 unspecified atom stereocenters. The van der Waals surface area contributed by atoms with E-state index < -0.39 is 0 Å². The number of hydrogen-bond acceptors (Lipinski definition) is 2. The highest BCUT2D eigenvalue weighted by atomic mass is 35.5. The normalized spacial score (nSPS) is 17.9. The van der Waals surface area contributed by atoms with Gasteiger partial charge in [-0.2, -0.15) is 0 Å². The molecule has 0 radical (unpaired) electrons. The summed E-state index contributed by atoms with van der Waals surface area (Å²) in [7, 11) is 0. The molecular formula is C14H17Cl2NO. The summed E-state index contributed by atoms with van der Waals surface area (Å²) in [5.74, 6) is 0.950. The van der Waals surface area contributed by atoms with Crippen LogP contribution in [0.2, 0.25) is 5.02 Å². The summed E-state index contributed by atoms with van der Waals surface area (Å²) in [6.45, 7) is 2.82. The first-order valence-electron chi connectivity index (χ1n) is 6.29. The van der Waals surface area contributed by atoms with Crippen LogP contribution < -0.4 is 0 Å². The van der Waals surface area contributed by atoms with Gasteiger partial charge >= 0.3 is 0 Å². The molecule has 0 atom stereocenters. The standard InChI is InChI=1S/C14H17Cl2NO/c15-7-10-17-8-5-11(6-9-17)14(18)12-3-1-2-4-13(12)16/h1-4,11H,5-10H2. The number of carbonyl (C=O) groups is 1. The van der Waals surface area contributed by atoms with E-state index in [2.05, 4.69) is 4.90 Å². The summed E-state index contributed by atoms with van der Waals surface area (Å²) in [6.07, 6.45) is 1.81. The molecular weight excluding hydrogens is 269 g/mol. The Labute approximate surface area is 118 Å². The van der Waals surface area contributed by atoms with Crippen molar-refractivity contribution >= 4 is 29.0 Å². The van der Waals surface area contributed by atoms with Gasteiger partial charge in [0.15, 0.2) is 5.78 Å². The van der Waals surface area contributed by atoms with E-state index in [0.717, 1.165) is 32.5 Å². The van der Waals surface area contributed by atoms with Crippen molar-refractivity contribution in [2.75, 3.05) is 25.5 Å². The second-order valence-corrected chi connectivity index (χ2v) is 5.43. The summed E-state index contributed by atoms with van der Waals surface area (Å²) < 4.78 is 0. The lowest BCUT2D eigenvalue weighted by Gasteiger charge is -2.30. The van der Waals surface area contributed by atoms with Crippen LogP contribution in [0.5, 0.6) is 0 Å². The molecule has 2 rings (SSSR count). The summed E-state index contributed by atoms with van der Waals surface area (Å²) in [4.78, 5) is 14.7. The quantitative estimate of drug-likeness (QED) is 0.624. The second kappa shape index (κ2) is 6.55. The van der Waals surface area contributed by atoms with Crippen molar-refractivity contribution in [2.24, 2.45) is 5.92 Å². The molecule has 1 saturated heterocycles. The summed E-state index contributed by atoms with van der Waals surface area (Å²) in [5, 5.41) is 0.561. The van der Waals surface area contributed by atoms with Gasteiger partial charge < -0.3 is 4.90 Å². The maximum atomic E-state index is 12.4. The Morgan fingerprint density at radius 1 is 1.28 bits per heavy atom. The van der Waals surface area contributed by atoms with E-state index in [0.29, 0.717) is 16.5 Å². The number of nitrogens with zero attached hydrogens (tertiary/aromatic N) is 1. The van der Waals surface area contributed by atoms with Gasteiger partial charge in [0, 0.05) is 23.9 Å². The smallest absolute Gasteiger partial charge is 0.167 e. The van der Waals surface area contributed by atoms with E-state index in [-0.39, 0.29) is 11.7 Å². The van der Waals surface area contributed by atoms with Crippen LogP contribution in [0.25, 0.3) is 0 Å². The molecule has 0 amide bonds. The maximum absolute atomic E-state index is 12.4. The monoisotopic (exact) mass is 285 g/mol. The Morgan fingerprint density at radius 3 is 2.56 bits per heavy atom. The van der Waals surface area contributed by atoms with E-state index in [1.165, 1.54) is 0 Å². The average molecular weight is 286 g/mol. The van der Waals surface area contributed by atoms with E-state index in [9.17, 15) is 4.79 Å². The van der Waals surface area contributed by atoms with E-state index in [1.807, 2.05) is 18.2 Å². The highest BCUT2D eigenvalue weighted by Crippen LogP contribution is 2.25. The minimum Gasteiger partial charge on any atom is -0.302 e. The first kappa shape index (κ1) is 13.9. The van der Waals surface area contributed by atoms with Crippen LogP contribution in [0.4, 0.5) is 0 Å². The largest absolute Gasteiger partial charge is 0.302 e. The number of alkyl halides is 1. The third-order valence-corrected chi connectivity index (χ3v) is 4.00. The fraction of sp³-hybridized carbons (Fsp3) is 0.500. The number of piperidine rings is 1. The Hall–Kier alpha value is -0.570. The van der Waals surface area contributed by atoms with Crippen molar-refractivity contribution in [3.8, 4) is 0 Å². The Bertz CT molecular complexity index is 414. The molecule has 1 fully saturated rings. The molecule has 4 heteroatoms. The van der Waals surface area contributed by atoms with Crippen LogP contribution >= 0.6 is 23.2 Å². The molecule has 0 aromatic heterocycles. The van der Waals surface area contributed by atoms with Crippen LogP contribution in [0.3, 0.4) is 0 Å². The molecule has 0 saturated carbocycles. The molecule has 98 valence electrons. The van der Waals surface area contributed by atoms with Crippen LogP contribution in [-0.4, -0.2) is 36.2 Å². The van der Waals surface area contributed by atoms with Crippen molar-refractivity contribution in [2.45, 2.75) is 12.8 Å². The Morgan fingerprint density at radius 2 is 1.94 bits per heavy atom. The van der Waals surface area contributed by atoms with Gasteiger partial charge in [0.1, 0.15) is 0 Å². The fourth-order valence-electron chi connectivity index (χ4n) is 2.42. The number of Topliss-reactive ketones (excluding diaryl/α,β-unsaturated/α-hetero) is 1. The van der Waals surface area contributed by atoms with E-state index in [4.69, 9.17) is 23.2 Å². The minimum absolute atomic E-state index is 0.108. The third-order valence-electron chi connectivity index (χ3n) is 3.50. The van der Waals surface area contributed by atoms with Gasteiger partial charge in [-0.1, -0.05) is 23.7 Å². The Balaban J connectivity index is 1.98. The number of hydrogen-bond donors (Lipinski definition) is 0. The maximum Gasteiger partial charge on any atom is 0.167 e. The zero-order valence-corrected chi connectivity index (χ0v) is 11.8. The fourth-order valence-corrected chi connectivity index (χ4v) is 2.89. The van der Waals surface area contributed by atoms with Crippen LogP contribution in [0.1, 0.15) is 23.2 Å². The van der Waals surface area contributed by atoms with Crippen LogP contribution in [-0.2, 0) is 0 Å². The predicted molar refractivity (Wildman–Crippen MR) is 75.7 cm³/mol. The lowest BCUT2D eigenvalue weighted by Crippen LogP contribution is -2.37. The number of rotatable bonds is 4. The highest BCUT2D eigenvalue weighted by molar-refractivity contribution is 6.34. The van der Waals surface area contributed by atoms with Crippen molar-refractivity contribution < 1.29 is 4.79 Å². The minimum atomic E-state index is 0.108. The number of benzene rings is 1. The number of halogens is 2. The molecule has 0 spiro atoms. The van der Waals surface area contributed by atoms with Crippen molar-refractivity contribution in [3.05, 3.63) is 34.9 Å². The summed E-state index contributed by atoms with van der Waals surface area (Å²) >= 11 is 11.8. The molecule has 1 aromatic carbocycles. The van der Waals surface area contributed by atoms with E-state index in [1.54, 1.807) is 6.07 Å². The van der Waals surface area contributed by atoms with Gasteiger partial charge in [0.05, 0.1) is 5.02 Å². The van der Waals surface area contributed by atoms with Gasteiger partial charge in [-0.15, -0.1) is 11.6 Å². The predicted octanol–water partition coefficient (Wildman–Crippen LogP) is 3.47. The zero-order chi connectivity index (χ0) is 13.0. The molecule has 1 aliphatic rings. The average Bonchev–Trinajstić information content (AvgIpc) is 2.40. The second-order valence-electron chi connectivity index (χ2n) is 4.65. The zero-order valence-electron chi connectivity index (χ0n) is 10.2. The van der Waals surface area contributed by atoms with Gasteiger partial charge in [-0.25, -0.2) is 0 Å². The van der Waals surface area contributed by atoms with Crippen LogP contribution in [0.15, 0.2) is 24.3 Å². The van der Waals surface area contributed by atoms with Crippen LogP contribution in [0, 0.1) is 5.92 Å². The number of ketones is 1. The molecule has 18 heavy (non-hydrogen) atoms. The van der Waals surface area contributed by atoms with Gasteiger partial charge in [-0.3, -0.25) is 4.79 Å². The number of likely N-dealkylation sites (tertiary alicyclic amines) is 1. The van der Waals surface area contributed by atoms with Gasteiger partial charge in [0.25, 0.3) is 0 Å². The number of carbonyl (C=O) groups excluding carboxylic acids is 1. The first-order valence-corrected chi connectivity index (χ1v) is 7.20. The van der Waals surface area contributed by atoms with Crippen molar-refractivity contribution in [3.63, 3.8) is 0 Å². The topological polar surface area (TPSA) is 20.3 Å². The third kappa shape index (κ3) is 3.25. The molecule has 1 heterocycles. The first-order chi connectivity index (χ1) is 8.72. The molecule has 0 aliphatic carbocycles. The van der Waals surface area contributed by atoms with Crippen molar-refractivity contribution in [1.29, 1.82) is 0 Å². The molecule has 0 bridgehead atoms. The highest BCUT2D eigenvalue weighted by Gasteiger charge is 2.26.